The Hall–Kier alpha value is -6.53. The molecule has 3 N–H and O–H groups in total. The Balaban J connectivity index is 1.32. The smallest absolute Gasteiger partial charge is 0.294 e. The third kappa shape index (κ3) is 10.1. The predicted octanol–water partition coefficient (Wildman–Crippen LogP) is 11.2. The number of benzene rings is 6. The number of aryl methyl sites for hydroxylation is 2. The highest BCUT2D eigenvalue weighted by atomic mass is 32.2. The molecule has 6 aromatic rings. The van der Waals surface area contributed by atoms with Gasteiger partial charge in [-0.15, -0.1) is 15.3 Å². The van der Waals surface area contributed by atoms with E-state index in [1.54, 1.807) is 50.2 Å². The van der Waals surface area contributed by atoms with Crippen molar-refractivity contribution in [1.82, 2.24) is 0 Å². The van der Waals surface area contributed by atoms with Crippen molar-refractivity contribution in [2.45, 2.75) is 44.0 Å². The molecular formula is C41H38N8O7S2. The molecule has 17 heteroatoms. The monoisotopic (exact) mass is 818 g/mol. The van der Waals surface area contributed by atoms with Crippen LogP contribution >= 0.6 is 0 Å². The van der Waals surface area contributed by atoms with Crippen molar-refractivity contribution in [3.63, 3.8) is 0 Å². The Labute approximate surface area is 335 Å². The Morgan fingerprint density at radius 2 is 1.17 bits per heavy atom. The van der Waals surface area contributed by atoms with Crippen molar-refractivity contribution in [3.8, 4) is 0 Å². The van der Waals surface area contributed by atoms with E-state index >= 15 is 0 Å². The third-order valence-corrected chi connectivity index (χ3v) is 10.6. The van der Waals surface area contributed by atoms with Gasteiger partial charge in [-0.25, -0.2) is 0 Å². The summed E-state index contributed by atoms with van der Waals surface area (Å²) in [4.78, 5) is 13.7. The summed E-state index contributed by atoms with van der Waals surface area (Å²) in [6.45, 7) is 8.40. The van der Waals surface area contributed by atoms with Crippen molar-refractivity contribution in [2.75, 3.05) is 16.8 Å². The van der Waals surface area contributed by atoms with Gasteiger partial charge in [-0.3, -0.25) is 13.9 Å². The third-order valence-electron chi connectivity index (χ3n) is 8.93. The molecule has 0 aromatic heterocycles. The first-order valence-corrected chi connectivity index (χ1v) is 20.7. The van der Waals surface area contributed by atoms with E-state index in [-0.39, 0.29) is 27.1 Å². The molecule has 6 rings (SSSR count). The lowest BCUT2D eigenvalue weighted by molar-refractivity contribution is -0.114. The Bertz CT molecular complexity index is 2850. The molecule has 0 unspecified atom stereocenters. The van der Waals surface area contributed by atoms with Gasteiger partial charge >= 0.3 is 0 Å². The van der Waals surface area contributed by atoms with Crippen LogP contribution in [0.5, 0.6) is 0 Å². The topological polar surface area (TPSA) is 215 Å². The maximum atomic E-state index is 12.2. The van der Waals surface area contributed by atoms with Crippen molar-refractivity contribution >= 4 is 82.4 Å². The van der Waals surface area contributed by atoms with Crippen molar-refractivity contribution in [2.24, 2.45) is 30.7 Å². The Morgan fingerprint density at radius 3 is 1.79 bits per heavy atom. The number of nitrogens with zero attached hydrogens (tertiary/aromatic N) is 7. The van der Waals surface area contributed by atoms with Gasteiger partial charge in [-0.2, -0.15) is 32.2 Å². The molecule has 0 fully saturated rings. The lowest BCUT2D eigenvalue weighted by Gasteiger charge is -2.24. The van der Waals surface area contributed by atoms with Crippen molar-refractivity contribution in [1.29, 1.82) is 0 Å². The average molecular weight is 819 g/mol. The van der Waals surface area contributed by atoms with Crippen molar-refractivity contribution in [3.05, 3.63) is 132 Å². The van der Waals surface area contributed by atoms with Crippen LogP contribution in [0.2, 0.25) is 0 Å². The zero-order valence-corrected chi connectivity index (χ0v) is 33.4. The van der Waals surface area contributed by atoms with E-state index in [0.717, 1.165) is 11.3 Å². The second-order valence-electron chi connectivity index (χ2n) is 13.2. The Kier molecular flexibility index (Phi) is 12.3. The zero-order chi connectivity index (χ0) is 41.6. The summed E-state index contributed by atoms with van der Waals surface area (Å²) < 4.78 is 66.6. The molecule has 58 heavy (non-hydrogen) atoms. The molecule has 0 saturated heterocycles. The Morgan fingerprint density at radius 1 is 0.603 bits per heavy atom. The average Bonchev–Trinajstić information content (AvgIpc) is 3.18. The van der Waals surface area contributed by atoms with E-state index < -0.39 is 20.2 Å². The summed E-state index contributed by atoms with van der Waals surface area (Å²) in [5, 5.41) is 29.9. The number of azo groups is 3. The summed E-state index contributed by atoms with van der Waals surface area (Å²) >= 11 is 0. The predicted molar refractivity (Wildman–Crippen MR) is 222 cm³/mol. The van der Waals surface area contributed by atoms with Gasteiger partial charge in [-0.1, -0.05) is 42.5 Å². The van der Waals surface area contributed by atoms with Crippen LogP contribution in [0.15, 0.2) is 156 Å². The van der Waals surface area contributed by atoms with E-state index in [4.69, 9.17) is 0 Å². The number of carbonyl (C=O) groups is 1. The fourth-order valence-electron chi connectivity index (χ4n) is 5.95. The van der Waals surface area contributed by atoms with E-state index in [1.807, 2.05) is 49.4 Å². The highest BCUT2D eigenvalue weighted by molar-refractivity contribution is 7.86. The zero-order valence-electron chi connectivity index (χ0n) is 31.8. The molecule has 296 valence electrons. The minimum Gasteiger partial charge on any atom is -0.367 e. The van der Waals surface area contributed by atoms with Crippen LogP contribution in [-0.4, -0.2) is 38.4 Å². The largest absolute Gasteiger partial charge is 0.367 e. The van der Waals surface area contributed by atoms with Gasteiger partial charge < -0.3 is 10.2 Å². The normalized spacial score (nSPS) is 12.2. The van der Waals surface area contributed by atoms with Crippen LogP contribution in [0.25, 0.3) is 10.8 Å². The lowest BCUT2D eigenvalue weighted by Crippen LogP contribution is -2.22. The number of rotatable bonds is 13. The lowest BCUT2D eigenvalue weighted by atomic mass is 10.1. The quantitative estimate of drug-likeness (QED) is 0.0750. The van der Waals surface area contributed by atoms with Gasteiger partial charge in [0.2, 0.25) is 5.91 Å². The first kappa shape index (κ1) is 41.1. The van der Waals surface area contributed by atoms with Gasteiger partial charge in [0.15, 0.2) is 0 Å². The van der Waals surface area contributed by atoms with Gasteiger partial charge in [0.05, 0.1) is 43.9 Å². The second-order valence-corrected chi connectivity index (χ2v) is 16.0. The van der Waals surface area contributed by atoms with Crippen LogP contribution in [0.3, 0.4) is 0 Å². The maximum Gasteiger partial charge on any atom is 0.294 e. The van der Waals surface area contributed by atoms with Crippen LogP contribution in [-0.2, 0) is 31.6 Å². The molecule has 15 nitrogen and oxygen atoms in total. The summed E-state index contributed by atoms with van der Waals surface area (Å²) in [5.41, 5.74) is 6.02. The van der Waals surface area contributed by atoms with E-state index in [0.29, 0.717) is 63.4 Å². The minimum atomic E-state index is -4.58. The van der Waals surface area contributed by atoms with Crippen molar-refractivity contribution < 1.29 is 30.7 Å². The molecule has 0 aliphatic carbocycles. The number of anilines is 2. The standard InChI is InChI=1S/C41H38N8O7S2/c1-5-49(25-29-10-7-6-8-11-29)31-14-17-38(41(23-31)42-28(4)50)46-44-36-18-19-37(35-24-33(58(54,55)56)15-16-34(35)36)45-48-40-21-26(2)39(20-27(40)3)47-43-30-12-9-13-32(22-30)57(51,52)53/h6-24H,5,25H2,1-4H3,(H,42,50)(H,51,52,53)(H,54,55,56). The number of carbonyl (C=O) groups excluding carboxylic acids is 1. The number of hydrogen-bond donors (Lipinski definition) is 3. The van der Waals surface area contributed by atoms with Crippen LogP contribution in [0.1, 0.15) is 30.5 Å². The fraction of sp³-hybridized carbons (Fsp3) is 0.146. The minimum absolute atomic E-state index is 0.221. The highest BCUT2D eigenvalue weighted by Crippen LogP contribution is 2.39. The molecule has 0 heterocycles. The summed E-state index contributed by atoms with van der Waals surface area (Å²) in [7, 11) is -8.99. The van der Waals surface area contributed by atoms with Crippen LogP contribution in [0, 0.1) is 13.8 Å². The van der Waals surface area contributed by atoms with Crippen LogP contribution in [0.4, 0.5) is 45.5 Å². The molecule has 0 aliphatic heterocycles. The van der Waals surface area contributed by atoms with Gasteiger partial charge in [0.25, 0.3) is 20.2 Å². The molecule has 0 saturated carbocycles. The second kappa shape index (κ2) is 17.3. The number of amides is 1. The SMILES string of the molecule is CCN(Cc1ccccc1)c1ccc(N=Nc2ccc(N=Nc3cc(C)c(N=Nc4cccc(S(=O)(=O)O)c4)cc3C)c3cc(S(=O)(=O)O)ccc23)c(NC(C)=O)c1. The first-order valence-electron chi connectivity index (χ1n) is 17.8. The highest BCUT2D eigenvalue weighted by Gasteiger charge is 2.16. The molecule has 0 spiro atoms. The number of nitrogens with one attached hydrogen (secondary N) is 1. The van der Waals surface area contributed by atoms with Crippen LogP contribution < -0.4 is 10.2 Å². The molecule has 0 atom stereocenters. The number of fused-ring (bicyclic) bond motifs is 1. The molecule has 1 amide bonds. The maximum absolute atomic E-state index is 12.2. The molecule has 0 bridgehead atoms. The summed E-state index contributed by atoms with van der Waals surface area (Å²) in [6.07, 6.45) is 0. The molecule has 0 radical (unpaired) electrons. The van der Waals surface area contributed by atoms with Gasteiger partial charge in [0.1, 0.15) is 5.69 Å². The molecule has 6 aromatic carbocycles. The van der Waals surface area contributed by atoms with E-state index in [2.05, 4.69) is 40.9 Å². The summed E-state index contributed by atoms with van der Waals surface area (Å²) in [5.74, 6) is -0.286. The summed E-state index contributed by atoms with van der Waals surface area (Å²) in [6, 6.07) is 31.7. The van der Waals surface area contributed by atoms with E-state index in [9.17, 15) is 30.7 Å². The van der Waals surface area contributed by atoms with Gasteiger partial charge in [-0.05, 0) is 110 Å². The number of hydrogen-bond acceptors (Lipinski definition) is 12. The van der Waals surface area contributed by atoms with E-state index in [1.165, 1.54) is 43.3 Å². The molecular weight excluding hydrogens is 781 g/mol. The van der Waals surface area contributed by atoms with Gasteiger partial charge in [0, 0.05) is 36.5 Å². The fourth-order valence-corrected chi connectivity index (χ4v) is 6.98. The molecule has 0 aliphatic rings. The first-order chi connectivity index (χ1) is 27.6.